The van der Waals surface area contributed by atoms with Gasteiger partial charge in [-0.15, -0.1) is 0 Å². The molecule has 0 aromatic carbocycles. The zero-order chi connectivity index (χ0) is 41.7. The fourth-order valence-corrected chi connectivity index (χ4v) is 10.4. The number of hydrogen-bond acceptors (Lipinski definition) is 21. The highest BCUT2D eigenvalue weighted by Crippen LogP contribution is 2.66. The van der Waals surface area contributed by atoms with E-state index < -0.39 is 98.0 Å². The summed E-state index contributed by atoms with van der Waals surface area (Å²) in [4.78, 5) is 79.9. The quantitative estimate of drug-likeness (QED) is 0.0808. The standard InChI is InChI=1S/C24H35N9O19P4S/c1-45-18-17(50-56(44,57)47-6-11-15(34)16(35)22(48-11)33-9-29-14-20(33)30-24(26)31-21(14)36)12(7-46-54(40,41)52-55(42,43)51-53(37,38)39)49-23(18)32-8-28-13-10(25)4-2-3-5-27-19(13)32/h4-5,8-9,11-12,15-18,22-23,34-35H,2-3,6-7,25H2,1H3,(H,40,41)(H,42,43)(H,44,57)(H2,37,38,39)(H3,26,30,31,36)/b10-4+,27-5-/t11-,12?,15-,16-,17-,18-,22-,23-,56?/m1/s1. The smallest absolute Gasteiger partial charge is 0.397 e. The van der Waals surface area contributed by atoms with Gasteiger partial charge in [0.1, 0.15) is 42.3 Å². The summed E-state index contributed by atoms with van der Waals surface area (Å²) in [5, 5.41) is 21.6. The van der Waals surface area contributed by atoms with Crippen molar-refractivity contribution >= 4 is 76.8 Å². The van der Waals surface area contributed by atoms with Crippen LogP contribution in [0, 0.1) is 0 Å². The second-order valence-electron chi connectivity index (χ2n) is 12.2. The van der Waals surface area contributed by atoms with Crippen molar-refractivity contribution in [2.24, 2.45) is 10.7 Å². The first kappa shape index (κ1) is 43.9. The van der Waals surface area contributed by atoms with E-state index in [-0.39, 0.29) is 34.3 Å². The third-order valence-electron chi connectivity index (χ3n) is 8.28. The van der Waals surface area contributed by atoms with Gasteiger partial charge in [0.15, 0.2) is 29.4 Å². The van der Waals surface area contributed by atoms with E-state index in [2.05, 4.69) is 33.5 Å². The SMILES string of the molecule is CO[C@@H]1[C@H](OP(O)(=S)OC[C@H]2O[C@@H](n3cnc4c(=O)[nH]c(N)nc43)[C@H](O)[C@@H]2O)C(COP(=O)(O)OP(=O)(O)OP(=O)(O)O)O[C@H]1n1cnc2c1/N=C\CC/C=C\2N. The molecule has 2 fully saturated rings. The molecule has 57 heavy (non-hydrogen) atoms. The molecule has 28 nitrogen and oxygen atoms in total. The molecule has 6 heterocycles. The Hall–Kier alpha value is -2.69. The van der Waals surface area contributed by atoms with E-state index in [0.717, 1.165) is 10.9 Å². The zero-order valence-corrected chi connectivity index (χ0v) is 33.2. The number of anilines is 1. The Balaban J connectivity index is 1.22. The summed E-state index contributed by atoms with van der Waals surface area (Å²) in [6.45, 7) is -6.32. The average Bonchev–Trinajstić information content (AvgIpc) is 3.84. The van der Waals surface area contributed by atoms with Crippen LogP contribution in [0.3, 0.4) is 0 Å². The third kappa shape index (κ3) is 10.0. The fourth-order valence-electron chi connectivity index (χ4n) is 5.93. The van der Waals surface area contributed by atoms with E-state index in [9.17, 15) is 43.4 Å². The minimum Gasteiger partial charge on any atom is -0.397 e. The number of hydrogen-bond donors (Lipinski definition) is 10. The predicted octanol–water partition coefficient (Wildman–Crippen LogP) is -1.11. The molecule has 11 atom stereocenters. The average molecular weight is 910 g/mol. The van der Waals surface area contributed by atoms with E-state index in [1.807, 2.05) is 0 Å². The first-order valence-corrected chi connectivity index (χ1v) is 23.1. The van der Waals surface area contributed by atoms with Crippen molar-refractivity contribution in [2.75, 3.05) is 26.1 Å². The number of H-pyrrole nitrogens is 1. The van der Waals surface area contributed by atoms with E-state index in [4.69, 9.17) is 60.8 Å². The molecule has 0 bridgehead atoms. The van der Waals surface area contributed by atoms with Crippen LogP contribution in [-0.4, -0.2) is 127 Å². The van der Waals surface area contributed by atoms with Crippen molar-refractivity contribution in [1.29, 1.82) is 0 Å². The second kappa shape index (κ2) is 16.8. The van der Waals surface area contributed by atoms with Crippen LogP contribution in [0.25, 0.3) is 16.9 Å². The van der Waals surface area contributed by atoms with Crippen LogP contribution < -0.4 is 17.0 Å². The lowest BCUT2D eigenvalue weighted by Gasteiger charge is -2.28. The number of phosphoric ester groups is 1. The number of phosphoric acid groups is 3. The first-order valence-electron chi connectivity index (χ1n) is 16.0. The van der Waals surface area contributed by atoms with Crippen LogP contribution in [-0.2, 0) is 61.9 Å². The van der Waals surface area contributed by atoms with Gasteiger partial charge in [-0.1, -0.05) is 6.08 Å². The van der Waals surface area contributed by atoms with Gasteiger partial charge in [-0.3, -0.25) is 28.0 Å². The topological polar surface area (TPSA) is 412 Å². The van der Waals surface area contributed by atoms with Gasteiger partial charge in [0.25, 0.3) is 5.56 Å². The van der Waals surface area contributed by atoms with Crippen LogP contribution in [0.1, 0.15) is 31.0 Å². The molecule has 33 heteroatoms. The van der Waals surface area contributed by atoms with Crippen LogP contribution in [0.4, 0.5) is 11.8 Å². The molecule has 3 aromatic rings. The first-order chi connectivity index (χ1) is 26.6. The Labute approximate surface area is 323 Å². The number of ether oxygens (including phenoxy) is 3. The Kier molecular flexibility index (Phi) is 12.9. The number of methoxy groups -OCH3 is 1. The van der Waals surface area contributed by atoms with Crippen molar-refractivity contribution in [1.82, 2.24) is 29.1 Å². The van der Waals surface area contributed by atoms with E-state index in [0.29, 0.717) is 12.8 Å². The lowest BCUT2D eigenvalue weighted by molar-refractivity contribution is -0.0587. The second-order valence-corrected chi connectivity index (χ2v) is 19.4. The van der Waals surface area contributed by atoms with Crippen molar-refractivity contribution in [2.45, 2.75) is 61.9 Å². The van der Waals surface area contributed by atoms with Crippen LogP contribution >= 0.6 is 30.2 Å². The number of nitrogens with two attached hydrogens (primary N) is 2. The molecule has 0 spiro atoms. The number of nitrogens with one attached hydrogen (secondary N) is 1. The predicted molar refractivity (Wildman–Crippen MR) is 192 cm³/mol. The maximum atomic E-state index is 12.6. The van der Waals surface area contributed by atoms with Gasteiger partial charge in [-0.25, -0.2) is 28.7 Å². The highest BCUT2D eigenvalue weighted by molar-refractivity contribution is 8.07. The number of nitrogens with zero attached hydrogens (tertiary/aromatic N) is 6. The van der Waals surface area contributed by atoms with Crippen LogP contribution in [0.5, 0.6) is 0 Å². The summed E-state index contributed by atoms with van der Waals surface area (Å²) in [6.07, 6.45) is -5.16. The lowest BCUT2D eigenvalue weighted by atomic mass is 10.1. The van der Waals surface area contributed by atoms with Crippen molar-refractivity contribution in [3.05, 3.63) is 34.8 Å². The largest absolute Gasteiger partial charge is 0.490 e. The molecule has 3 aliphatic rings. The molecule has 12 N–H and O–H groups in total. The van der Waals surface area contributed by atoms with E-state index in [1.165, 1.54) is 18.0 Å². The Morgan fingerprint density at radius 3 is 2.30 bits per heavy atom. The highest BCUT2D eigenvalue weighted by atomic mass is 32.5. The monoisotopic (exact) mass is 909 g/mol. The number of aliphatic hydroxyl groups excluding tert-OH is 2. The number of nitrogen functional groups attached to an aromatic ring is 1. The van der Waals surface area contributed by atoms with Gasteiger partial charge >= 0.3 is 30.2 Å². The van der Waals surface area contributed by atoms with Crippen molar-refractivity contribution in [3.8, 4) is 0 Å². The lowest BCUT2D eigenvalue weighted by Crippen LogP contribution is -2.37. The molecule has 0 radical (unpaired) electrons. The molecule has 0 amide bonds. The van der Waals surface area contributed by atoms with Gasteiger partial charge < -0.3 is 64.9 Å². The number of aromatic nitrogens is 6. The summed E-state index contributed by atoms with van der Waals surface area (Å²) in [6, 6.07) is 0. The normalized spacial score (nSPS) is 31.4. The minimum atomic E-state index is -5.90. The molecule has 316 valence electrons. The zero-order valence-electron chi connectivity index (χ0n) is 28.8. The highest BCUT2D eigenvalue weighted by Gasteiger charge is 2.52. The van der Waals surface area contributed by atoms with Gasteiger partial charge in [0.2, 0.25) is 5.95 Å². The molecule has 3 aromatic heterocycles. The molecular formula is C24H35N9O19P4S. The molecule has 0 saturated carbocycles. The summed E-state index contributed by atoms with van der Waals surface area (Å²) < 4.78 is 79.2. The molecule has 3 aliphatic heterocycles. The summed E-state index contributed by atoms with van der Waals surface area (Å²) in [5.41, 5.74) is 11.5. The number of aliphatic hydroxyl groups is 2. The Morgan fingerprint density at radius 2 is 1.60 bits per heavy atom. The molecule has 6 rings (SSSR count). The van der Waals surface area contributed by atoms with Crippen molar-refractivity contribution < 1.29 is 84.8 Å². The van der Waals surface area contributed by atoms with Gasteiger partial charge in [0.05, 0.1) is 31.6 Å². The number of imidazole rings is 2. The number of rotatable bonds is 15. The Morgan fingerprint density at radius 1 is 0.912 bits per heavy atom. The summed E-state index contributed by atoms with van der Waals surface area (Å²) in [5.74, 6) is -0.0863. The molecule has 0 aliphatic carbocycles. The number of fused-ring (bicyclic) bond motifs is 2. The molecule has 4 unspecified atom stereocenters. The number of aliphatic imine (C=N–C) groups is 1. The summed E-state index contributed by atoms with van der Waals surface area (Å²) >= 11 is 5.24. The van der Waals surface area contributed by atoms with Gasteiger partial charge in [0, 0.05) is 13.3 Å². The fraction of sp³-hybridized carbons (Fsp3) is 0.542. The van der Waals surface area contributed by atoms with Crippen LogP contribution in [0.2, 0.25) is 0 Å². The summed E-state index contributed by atoms with van der Waals surface area (Å²) in [7, 11) is -16.1. The van der Waals surface area contributed by atoms with E-state index >= 15 is 0 Å². The van der Waals surface area contributed by atoms with Crippen LogP contribution in [0.15, 0.2) is 28.5 Å². The Bertz CT molecular complexity index is 2300. The van der Waals surface area contributed by atoms with Gasteiger partial charge in [-0.05, 0) is 24.6 Å². The maximum Gasteiger partial charge on any atom is 0.490 e. The van der Waals surface area contributed by atoms with Gasteiger partial charge in [-0.2, -0.15) is 13.6 Å². The maximum absolute atomic E-state index is 12.6. The number of allylic oxidation sites excluding steroid dienone is 1. The van der Waals surface area contributed by atoms with Crippen molar-refractivity contribution in [3.63, 3.8) is 0 Å². The minimum absolute atomic E-state index is 0.0805. The third-order valence-corrected chi connectivity index (χ3v) is 13.6. The molecule has 2 saturated heterocycles. The van der Waals surface area contributed by atoms with E-state index in [1.54, 1.807) is 12.3 Å². The molecular weight excluding hydrogens is 874 g/mol. The number of aromatic amines is 1.